The van der Waals surface area contributed by atoms with Gasteiger partial charge in [0.15, 0.2) is 0 Å². The third-order valence-electron chi connectivity index (χ3n) is 0.728. The van der Waals surface area contributed by atoms with Crippen molar-refractivity contribution in [1.29, 1.82) is 0 Å². The second kappa shape index (κ2) is 11.0. The van der Waals surface area contributed by atoms with E-state index in [1.807, 2.05) is 40.0 Å². The fourth-order valence-electron chi connectivity index (χ4n) is 0.263. The number of nitrogens with two attached hydrogens (primary N) is 1. The molecule has 60 valence electrons. The topological polar surface area (TPSA) is 38.0 Å². The number of nitrogens with one attached hydrogen (secondary N) is 1. The van der Waals surface area contributed by atoms with E-state index in [2.05, 4.69) is 5.32 Å². The summed E-state index contributed by atoms with van der Waals surface area (Å²) in [4.78, 5) is 0. The van der Waals surface area contributed by atoms with Crippen LogP contribution in [0.5, 0.6) is 0 Å². The molecule has 2 heteroatoms. The quantitative estimate of drug-likeness (QED) is 0.618. The van der Waals surface area contributed by atoms with E-state index in [0.717, 1.165) is 5.70 Å². The maximum Gasteiger partial charge on any atom is 0.0272 e. The van der Waals surface area contributed by atoms with Gasteiger partial charge in [0.2, 0.25) is 0 Å². The van der Waals surface area contributed by atoms with Gasteiger partial charge in [0.05, 0.1) is 0 Å². The van der Waals surface area contributed by atoms with E-state index >= 15 is 0 Å². The van der Waals surface area contributed by atoms with Gasteiger partial charge in [0, 0.05) is 11.9 Å². The first kappa shape index (κ1) is 11.8. The van der Waals surface area contributed by atoms with Crippen LogP contribution in [0.25, 0.3) is 0 Å². The van der Waals surface area contributed by atoms with Crippen LogP contribution in [0.2, 0.25) is 0 Å². The van der Waals surface area contributed by atoms with Crippen molar-refractivity contribution in [2.75, 3.05) is 0 Å². The highest BCUT2D eigenvalue weighted by Crippen LogP contribution is 1.79. The van der Waals surface area contributed by atoms with Crippen LogP contribution in [0, 0.1) is 0 Å². The Morgan fingerprint density at radius 1 is 1.40 bits per heavy atom. The van der Waals surface area contributed by atoms with Crippen molar-refractivity contribution in [3.05, 3.63) is 24.2 Å². The highest BCUT2D eigenvalue weighted by molar-refractivity contribution is 4.96. The molecule has 0 radical (unpaired) electrons. The molecule has 0 aliphatic rings. The van der Waals surface area contributed by atoms with Gasteiger partial charge in [-0.15, -0.1) is 0 Å². The summed E-state index contributed by atoms with van der Waals surface area (Å²) in [5, 5.41) is 2.94. The van der Waals surface area contributed by atoms with Crippen LogP contribution in [0.4, 0.5) is 0 Å². The fourth-order valence-corrected chi connectivity index (χ4v) is 0.263. The zero-order valence-corrected chi connectivity index (χ0v) is 7.31. The average molecular weight is 142 g/mol. The Morgan fingerprint density at radius 3 is 2.20 bits per heavy atom. The summed E-state index contributed by atoms with van der Waals surface area (Å²) in [7, 11) is 0. The standard InChI is InChI=1S/C6H12N2.C2H6/c1-3-4-8-6(2)5-7;1-2/h3-5,8H,7H2,1-2H3;1-2H3/b4-3+,6-5-;. The molecule has 0 saturated heterocycles. The molecule has 0 aromatic heterocycles. The van der Waals surface area contributed by atoms with Crippen LogP contribution in [0.3, 0.4) is 0 Å². The third kappa shape index (κ3) is 10.1. The van der Waals surface area contributed by atoms with Crippen molar-refractivity contribution in [1.82, 2.24) is 5.32 Å². The van der Waals surface area contributed by atoms with Gasteiger partial charge in [0.25, 0.3) is 0 Å². The van der Waals surface area contributed by atoms with Crippen LogP contribution in [-0.2, 0) is 0 Å². The van der Waals surface area contributed by atoms with Gasteiger partial charge < -0.3 is 11.1 Å². The van der Waals surface area contributed by atoms with Gasteiger partial charge in [0.1, 0.15) is 0 Å². The molecule has 2 nitrogen and oxygen atoms in total. The summed E-state index contributed by atoms with van der Waals surface area (Å²) < 4.78 is 0. The summed E-state index contributed by atoms with van der Waals surface area (Å²) in [6.45, 7) is 7.84. The Labute approximate surface area is 63.8 Å². The molecule has 0 bridgehead atoms. The Balaban J connectivity index is 0. The van der Waals surface area contributed by atoms with E-state index in [1.54, 1.807) is 0 Å². The van der Waals surface area contributed by atoms with Crippen molar-refractivity contribution < 1.29 is 0 Å². The van der Waals surface area contributed by atoms with Crippen molar-refractivity contribution in [3.8, 4) is 0 Å². The lowest BCUT2D eigenvalue weighted by molar-refractivity contribution is 1.04. The Kier molecular flexibility index (Phi) is 13.0. The Bertz CT molecular complexity index is 104. The predicted octanol–water partition coefficient (Wildman–Crippen LogP) is 1.96. The molecule has 0 heterocycles. The maximum atomic E-state index is 5.15. The number of allylic oxidation sites excluding steroid dienone is 2. The minimum Gasteiger partial charge on any atom is -0.403 e. The van der Waals surface area contributed by atoms with E-state index in [4.69, 9.17) is 5.73 Å². The lowest BCUT2D eigenvalue weighted by Gasteiger charge is -1.94. The van der Waals surface area contributed by atoms with Crippen LogP contribution < -0.4 is 11.1 Å². The van der Waals surface area contributed by atoms with Gasteiger partial charge in [-0.1, -0.05) is 19.9 Å². The lowest BCUT2D eigenvalue weighted by atomic mass is 10.5. The molecule has 0 fully saturated rings. The van der Waals surface area contributed by atoms with Crippen LogP contribution in [-0.4, -0.2) is 0 Å². The van der Waals surface area contributed by atoms with Crippen LogP contribution >= 0.6 is 0 Å². The second-order valence-electron chi connectivity index (χ2n) is 1.49. The average Bonchev–Trinajstić information content (AvgIpc) is 2.04. The number of hydrogen-bond donors (Lipinski definition) is 2. The normalized spacial score (nSPS) is 10.6. The zero-order chi connectivity index (χ0) is 8.41. The lowest BCUT2D eigenvalue weighted by Crippen LogP contribution is -2.02. The summed E-state index contributed by atoms with van der Waals surface area (Å²) in [5.74, 6) is 0. The maximum absolute atomic E-state index is 5.15. The largest absolute Gasteiger partial charge is 0.403 e. The first-order valence-electron chi connectivity index (χ1n) is 3.57. The summed E-state index contributed by atoms with van der Waals surface area (Å²) in [5.41, 5.74) is 6.12. The Hall–Kier alpha value is -0.920. The SMILES string of the molecule is C/C=C/N/C(C)=C\N.CC. The molecule has 0 aliphatic carbocycles. The molecule has 10 heavy (non-hydrogen) atoms. The van der Waals surface area contributed by atoms with Gasteiger partial charge in [-0.2, -0.15) is 0 Å². The van der Waals surface area contributed by atoms with E-state index in [-0.39, 0.29) is 0 Å². The van der Waals surface area contributed by atoms with Gasteiger partial charge in [-0.05, 0) is 20.0 Å². The van der Waals surface area contributed by atoms with Crippen molar-refractivity contribution >= 4 is 0 Å². The van der Waals surface area contributed by atoms with Crippen LogP contribution in [0.1, 0.15) is 27.7 Å². The smallest absolute Gasteiger partial charge is 0.0272 e. The second-order valence-corrected chi connectivity index (χ2v) is 1.49. The molecule has 0 aromatic rings. The van der Waals surface area contributed by atoms with E-state index in [0.29, 0.717) is 0 Å². The Morgan fingerprint density at radius 2 is 1.90 bits per heavy atom. The molecule has 0 atom stereocenters. The van der Waals surface area contributed by atoms with E-state index in [9.17, 15) is 0 Å². The van der Waals surface area contributed by atoms with E-state index in [1.165, 1.54) is 6.20 Å². The van der Waals surface area contributed by atoms with Gasteiger partial charge in [-0.25, -0.2) is 0 Å². The molecular weight excluding hydrogens is 124 g/mol. The molecule has 0 amide bonds. The highest BCUT2D eigenvalue weighted by Gasteiger charge is 1.74. The summed E-state index contributed by atoms with van der Waals surface area (Å²) >= 11 is 0. The van der Waals surface area contributed by atoms with Crippen molar-refractivity contribution in [3.63, 3.8) is 0 Å². The van der Waals surface area contributed by atoms with Crippen LogP contribution in [0.15, 0.2) is 24.2 Å². The predicted molar refractivity (Wildman–Crippen MR) is 47.2 cm³/mol. The summed E-state index contributed by atoms with van der Waals surface area (Å²) in [6.07, 6.45) is 5.27. The molecule has 0 spiro atoms. The molecule has 0 rings (SSSR count). The van der Waals surface area contributed by atoms with Crippen molar-refractivity contribution in [2.24, 2.45) is 5.73 Å². The number of rotatable bonds is 2. The molecule has 3 N–H and O–H groups in total. The fraction of sp³-hybridized carbons (Fsp3) is 0.500. The van der Waals surface area contributed by atoms with Gasteiger partial charge >= 0.3 is 0 Å². The van der Waals surface area contributed by atoms with E-state index < -0.39 is 0 Å². The molecule has 0 aromatic carbocycles. The minimum atomic E-state index is 0.961. The highest BCUT2D eigenvalue weighted by atomic mass is 14.8. The summed E-state index contributed by atoms with van der Waals surface area (Å²) in [6, 6.07) is 0. The first-order chi connectivity index (χ1) is 4.81. The zero-order valence-electron chi connectivity index (χ0n) is 7.31. The number of hydrogen-bond acceptors (Lipinski definition) is 2. The third-order valence-corrected chi connectivity index (χ3v) is 0.728. The van der Waals surface area contributed by atoms with Crippen molar-refractivity contribution in [2.45, 2.75) is 27.7 Å². The molecular formula is C8H18N2. The monoisotopic (exact) mass is 142 g/mol. The first-order valence-corrected chi connectivity index (χ1v) is 3.57. The molecule has 0 unspecified atom stereocenters. The molecule has 0 saturated carbocycles. The molecule has 0 aliphatic heterocycles. The van der Waals surface area contributed by atoms with Gasteiger partial charge in [-0.3, -0.25) is 0 Å². The minimum absolute atomic E-state index is 0.961.